The summed E-state index contributed by atoms with van der Waals surface area (Å²) in [5, 5.41) is 2.89. The Bertz CT molecular complexity index is 695. The van der Waals surface area contributed by atoms with Gasteiger partial charge in [0.05, 0.1) is 11.0 Å². The summed E-state index contributed by atoms with van der Waals surface area (Å²) < 4.78 is 5.50. The third kappa shape index (κ3) is 2.34. The number of carbonyl (C=O) groups is 1. The van der Waals surface area contributed by atoms with Crippen LogP contribution in [-0.2, 0) is 16.1 Å². The van der Waals surface area contributed by atoms with E-state index in [0.29, 0.717) is 13.2 Å². The number of rotatable bonds is 3. The molecule has 1 aromatic carbocycles. The molecule has 1 saturated heterocycles. The van der Waals surface area contributed by atoms with Crippen LogP contribution in [0.3, 0.4) is 0 Å². The number of aromatic amines is 2. The highest BCUT2D eigenvalue weighted by molar-refractivity contribution is 5.85. The van der Waals surface area contributed by atoms with Gasteiger partial charge in [0, 0.05) is 13.2 Å². The van der Waals surface area contributed by atoms with Crippen LogP contribution in [0.15, 0.2) is 23.0 Å². The Labute approximate surface area is 115 Å². The lowest BCUT2D eigenvalue weighted by Crippen LogP contribution is -2.43. The molecule has 1 aliphatic heterocycles. The van der Waals surface area contributed by atoms with Crippen molar-refractivity contribution in [2.75, 3.05) is 6.61 Å². The standard InChI is InChI=1S/C14H17N3O3/c1-14(5-2-6-20-14)12(18)15-8-9-3-4-10-11(7-9)17-13(19)16-10/h3-4,7H,2,5-6,8H2,1H3,(H,15,18)(H2,16,17,19)/t14-/m1/s1. The van der Waals surface area contributed by atoms with Crippen LogP contribution in [0.1, 0.15) is 25.3 Å². The average Bonchev–Trinajstić information content (AvgIpc) is 3.01. The number of nitrogens with one attached hydrogen (secondary N) is 3. The van der Waals surface area contributed by atoms with E-state index in [2.05, 4.69) is 15.3 Å². The van der Waals surface area contributed by atoms with Gasteiger partial charge in [-0.05, 0) is 37.5 Å². The first-order chi connectivity index (χ1) is 9.57. The monoisotopic (exact) mass is 275 g/mol. The topological polar surface area (TPSA) is 87.0 Å². The van der Waals surface area contributed by atoms with Gasteiger partial charge >= 0.3 is 5.69 Å². The second-order valence-corrected chi connectivity index (χ2v) is 5.32. The van der Waals surface area contributed by atoms with Gasteiger partial charge in [-0.1, -0.05) is 6.07 Å². The molecule has 1 aliphatic rings. The molecule has 3 rings (SSSR count). The Morgan fingerprint density at radius 1 is 1.40 bits per heavy atom. The minimum absolute atomic E-state index is 0.0855. The van der Waals surface area contributed by atoms with Crippen molar-refractivity contribution in [2.24, 2.45) is 0 Å². The molecular weight excluding hydrogens is 258 g/mol. The van der Waals surface area contributed by atoms with Gasteiger partial charge < -0.3 is 20.0 Å². The predicted molar refractivity (Wildman–Crippen MR) is 74.4 cm³/mol. The molecule has 106 valence electrons. The van der Waals surface area contributed by atoms with E-state index in [4.69, 9.17) is 4.74 Å². The summed E-state index contributed by atoms with van der Waals surface area (Å²) >= 11 is 0. The molecule has 1 atom stereocenters. The van der Waals surface area contributed by atoms with Crippen LogP contribution < -0.4 is 11.0 Å². The van der Waals surface area contributed by atoms with E-state index in [1.165, 1.54) is 0 Å². The van der Waals surface area contributed by atoms with Gasteiger partial charge in [0.25, 0.3) is 5.91 Å². The molecule has 1 fully saturated rings. The second-order valence-electron chi connectivity index (χ2n) is 5.32. The Kier molecular flexibility index (Phi) is 3.10. The number of ether oxygens (including phenoxy) is 1. The van der Waals surface area contributed by atoms with E-state index in [-0.39, 0.29) is 11.6 Å². The van der Waals surface area contributed by atoms with E-state index in [9.17, 15) is 9.59 Å². The third-order valence-electron chi connectivity index (χ3n) is 3.73. The molecular formula is C14H17N3O3. The van der Waals surface area contributed by atoms with Gasteiger partial charge in [-0.2, -0.15) is 0 Å². The molecule has 0 radical (unpaired) electrons. The van der Waals surface area contributed by atoms with Gasteiger partial charge in [0.15, 0.2) is 0 Å². The van der Waals surface area contributed by atoms with Crippen molar-refractivity contribution in [2.45, 2.75) is 31.9 Å². The van der Waals surface area contributed by atoms with Crippen LogP contribution >= 0.6 is 0 Å². The zero-order chi connectivity index (χ0) is 14.2. The molecule has 1 amide bonds. The molecule has 2 heterocycles. The largest absolute Gasteiger partial charge is 0.365 e. The highest BCUT2D eigenvalue weighted by atomic mass is 16.5. The van der Waals surface area contributed by atoms with E-state index in [1.807, 2.05) is 25.1 Å². The summed E-state index contributed by atoms with van der Waals surface area (Å²) in [6, 6.07) is 5.55. The summed E-state index contributed by atoms with van der Waals surface area (Å²) in [6.07, 6.45) is 1.67. The van der Waals surface area contributed by atoms with Crippen molar-refractivity contribution in [3.63, 3.8) is 0 Å². The molecule has 6 heteroatoms. The van der Waals surface area contributed by atoms with E-state index in [0.717, 1.165) is 29.4 Å². The maximum atomic E-state index is 12.1. The summed E-state index contributed by atoms with van der Waals surface area (Å²) in [5.41, 5.74) is 1.50. The van der Waals surface area contributed by atoms with Gasteiger partial charge in [0.2, 0.25) is 0 Å². The molecule has 6 nitrogen and oxygen atoms in total. The molecule has 20 heavy (non-hydrogen) atoms. The second kappa shape index (κ2) is 4.79. The van der Waals surface area contributed by atoms with Crippen LogP contribution in [0, 0.1) is 0 Å². The van der Waals surface area contributed by atoms with Crippen molar-refractivity contribution in [3.05, 3.63) is 34.2 Å². The van der Waals surface area contributed by atoms with Gasteiger partial charge in [-0.3, -0.25) is 4.79 Å². The Morgan fingerprint density at radius 2 is 2.20 bits per heavy atom. The maximum Gasteiger partial charge on any atom is 0.323 e. The number of H-pyrrole nitrogens is 2. The number of imidazole rings is 1. The minimum atomic E-state index is -0.702. The molecule has 0 bridgehead atoms. The smallest absolute Gasteiger partial charge is 0.323 e. The van der Waals surface area contributed by atoms with E-state index >= 15 is 0 Å². The Hall–Kier alpha value is -2.08. The van der Waals surface area contributed by atoms with Crippen LogP contribution in [0.5, 0.6) is 0 Å². The lowest BCUT2D eigenvalue weighted by Gasteiger charge is -2.21. The number of amides is 1. The third-order valence-corrected chi connectivity index (χ3v) is 3.73. The van der Waals surface area contributed by atoms with E-state index < -0.39 is 5.60 Å². The first-order valence-electron chi connectivity index (χ1n) is 6.70. The average molecular weight is 275 g/mol. The fourth-order valence-corrected chi connectivity index (χ4v) is 2.52. The predicted octanol–water partition coefficient (Wildman–Crippen LogP) is 1.04. The fourth-order valence-electron chi connectivity index (χ4n) is 2.52. The summed E-state index contributed by atoms with van der Waals surface area (Å²) in [4.78, 5) is 28.7. The number of benzene rings is 1. The zero-order valence-electron chi connectivity index (χ0n) is 11.3. The van der Waals surface area contributed by atoms with Crippen LogP contribution in [0.25, 0.3) is 11.0 Å². The van der Waals surface area contributed by atoms with Crippen molar-refractivity contribution in [1.29, 1.82) is 0 Å². The highest BCUT2D eigenvalue weighted by Crippen LogP contribution is 2.25. The fraction of sp³-hybridized carbons (Fsp3) is 0.429. The maximum absolute atomic E-state index is 12.1. The minimum Gasteiger partial charge on any atom is -0.365 e. The SMILES string of the molecule is C[C@]1(C(=O)NCc2ccc3[nH]c(=O)[nH]c3c2)CCCO1. The Balaban J connectivity index is 1.70. The van der Waals surface area contributed by atoms with Gasteiger partial charge in [-0.15, -0.1) is 0 Å². The van der Waals surface area contributed by atoms with Crippen LogP contribution in [0.4, 0.5) is 0 Å². The van der Waals surface area contributed by atoms with Crippen LogP contribution in [0.2, 0.25) is 0 Å². The number of hydrogen-bond donors (Lipinski definition) is 3. The van der Waals surface area contributed by atoms with Crippen molar-refractivity contribution in [1.82, 2.24) is 15.3 Å². The lowest BCUT2D eigenvalue weighted by molar-refractivity contribution is -0.139. The van der Waals surface area contributed by atoms with Gasteiger partial charge in [-0.25, -0.2) is 4.79 Å². The first-order valence-corrected chi connectivity index (χ1v) is 6.70. The number of carbonyl (C=O) groups excluding carboxylic acids is 1. The summed E-state index contributed by atoms with van der Waals surface area (Å²) in [5.74, 6) is -0.0855. The molecule has 0 unspecified atom stereocenters. The normalized spacial score (nSPS) is 22.2. The molecule has 0 spiro atoms. The number of aromatic nitrogens is 2. The number of fused-ring (bicyclic) bond motifs is 1. The zero-order valence-corrected chi connectivity index (χ0v) is 11.3. The first kappa shape index (κ1) is 12.9. The molecule has 0 aliphatic carbocycles. The summed E-state index contributed by atoms with van der Waals surface area (Å²) in [7, 11) is 0. The highest BCUT2D eigenvalue weighted by Gasteiger charge is 2.37. The van der Waals surface area contributed by atoms with Crippen molar-refractivity contribution >= 4 is 16.9 Å². The lowest BCUT2D eigenvalue weighted by atomic mass is 10.0. The number of hydrogen-bond acceptors (Lipinski definition) is 3. The molecule has 3 N–H and O–H groups in total. The Morgan fingerprint density at radius 3 is 2.95 bits per heavy atom. The quantitative estimate of drug-likeness (QED) is 0.782. The molecule has 1 aromatic heterocycles. The van der Waals surface area contributed by atoms with Gasteiger partial charge in [0.1, 0.15) is 5.60 Å². The molecule has 0 saturated carbocycles. The van der Waals surface area contributed by atoms with Crippen molar-refractivity contribution < 1.29 is 9.53 Å². The summed E-state index contributed by atoms with van der Waals surface area (Å²) in [6.45, 7) is 2.88. The van der Waals surface area contributed by atoms with E-state index in [1.54, 1.807) is 0 Å². The molecule has 2 aromatic rings. The van der Waals surface area contributed by atoms with Crippen molar-refractivity contribution in [3.8, 4) is 0 Å². The van der Waals surface area contributed by atoms with Crippen LogP contribution in [-0.4, -0.2) is 28.1 Å².